The van der Waals surface area contributed by atoms with E-state index in [0.717, 1.165) is 0 Å². The molecule has 1 heterocycles. The number of methoxy groups -OCH3 is 1. The number of benzene rings is 3. The number of anilines is 2. The number of carbonyl (C=O) groups excluding carboxylic acids is 3. The van der Waals surface area contributed by atoms with Gasteiger partial charge in [0, 0.05) is 18.1 Å². The van der Waals surface area contributed by atoms with Crippen molar-refractivity contribution in [1.82, 2.24) is 10.6 Å². The molecule has 4 rings (SSSR count). The molecule has 9 nitrogen and oxygen atoms in total. The zero-order valence-corrected chi connectivity index (χ0v) is 23.6. The number of nitriles is 1. The molecule has 0 bridgehead atoms. The predicted molar refractivity (Wildman–Crippen MR) is 154 cm³/mol. The molecule has 1 aliphatic heterocycles. The van der Waals surface area contributed by atoms with Crippen molar-refractivity contribution in [1.29, 1.82) is 5.26 Å². The van der Waals surface area contributed by atoms with Crippen LogP contribution in [-0.4, -0.2) is 50.0 Å². The van der Waals surface area contributed by atoms with E-state index in [-0.39, 0.29) is 12.5 Å². The van der Waals surface area contributed by atoms with Crippen molar-refractivity contribution in [3.8, 4) is 22.9 Å². The number of fused-ring (bicyclic) bond motifs is 1. The molecule has 3 amide bonds. The lowest BCUT2D eigenvalue weighted by molar-refractivity contribution is -0.129. The van der Waals surface area contributed by atoms with Crippen molar-refractivity contribution < 1.29 is 23.5 Å². The Morgan fingerprint density at radius 3 is 2.49 bits per heavy atom. The molecule has 3 atom stereocenters. The molecule has 0 spiro atoms. The fourth-order valence-corrected chi connectivity index (χ4v) is 5.02. The molecule has 10 heteroatoms. The first-order chi connectivity index (χ1) is 19.6. The van der Waals surface area contributed by atoms with Crippen LogP contribution in [0.2, 0.25) is 0 Å². The summed E-state index contributed by atoms with van der Waals surface area (Å²) in [5.74, 6) is -1.15. The lowest BCUT2D eigenvalue weighted by Gasteiger charge is -2.32. The van der Waals surface area contributed by atoms with Crippen molar-refractivity contribution in [2.75, 3.05) is 24.0 Å². The van der Waals surface area contributed by atoms with Gasteiger partial charge in [0.15, 0.2) is 0 Å². The van der Waals surface area contributed by atoms with E-state index >= 15 is 0 Å². The van der Waals surface area contributed by atoms with Gasteiger partial charge in [-0.05, 0) is 62.9 Å². The number of amides is 3. The number of nitrogens with one attached hydrogen (secondary N) is 2. The summed E-state index contributed by atoms with van der Waals surface area (Å²) >= 11 is 0. The number of halogens is 1. The highest BCUT2D eigenvalue weighted by atomic mass is 19.1. The van der Waals surface area contributed by atoms with Crippen molar-refractivity contribution >= 4 is 29.1 Å². The van der Waals surface area contributed by atoms with Gasteiger partial charge in [0.2, 0.25) is 11.8 Å². The van der Waals surface area contributed by atoms with Gasteiger partial charge in [-0.1, -0.05) is 24.3 Å². The van der Waals surface area contributed by atoms with E-state index in [1.54, 1.807) is 75.5 Å². The Kier molecular flexibility index (Phi) is 8.69. The van der Waals surface area contributed by atoms with Crippen molar-refractivity contribution in [3.05, 3.63) is 77.6 Å². The monoisotopic (exact) mass is 557 g/mol. The molecule has 212 valence electrons. The zero-order valence-electron chi connectivity index (χ0n) is 23.6. The maximum atomic E-state index is 14.7. The van der Waals surface area contributed by atoms with E-state index < -0.39 is 35.8 Å². The van der Waals surface area contributed by atoms with Gasteiger partial charge in [0.05, 0.1) is 48.7 Å². The molecule has 0 aliphatic carbocycles. The topological polar surface area (TPSA) is 115 Å². The van der Waals surface area contributed by atoms with Crippen LogP contribution in [0.1, 0.15) is 31.9 Å². The molecule has 0 fully saturated rings. The standard InChI is InChI=1S/C31H32FN5O4/c1-18(34-4)30(39)35-29-19(2)37(20(3)38)27-14-21(16-33)10-12-26(27)36(31(29)40)17-23-15-22(11-13-28(23)41-5)24-8-6-7-9-25(24)32/h6-15,18-19,29,34H,17H2,1-5H3,(H,35,39)/t18-,19-,29-/m0/s1. The number of ether oxygens (including phenoxy) is 1. The summed E-state index contributed by atoms with van der Waals surface area (Å²) in [6, 6.07) is 15.9. The maximum absolute atomic E-state index is 14.7. The van der Waals surface area contributed by atoms with Crippen molar-refractivity contribution in [2.24, 2.45) is 0 Å². The molecule has 41 heavy (non-hydrogen) atoms. The Morgan fingerprint density at radius 2 is 1.85 bits per heavy atom. The summed E-state index contributed by atoms with van der Waals surface area (Å²) in [7, 11) is 3.13. The highest BCUT2D eigenvalue weighted by Gasteiger charge is 2.42. The largest absolute Gasteiger partial charge is 0.496 e. The normalized spacial score (nSPS) is 17.2. The first-order valence-electron chi connectivity index (χ1n) is 13.2. The third-order valence-electron chi connectivity index (χ3n) is 7.33. The number of likely N-dealkylation sites (N-methyl/N-ethyl adjacent to an activating group) is 1. The molecule has 3 aromatic carbocycles. The maximum Gasteiger partial charge on any atom is 0.252 e. The van der Waals surface area contributed by atoms with Gasteiger partial charge >= 0.3 is 0 Å². The molecule has 0 saturated heterocycles. The summed E-state index contributed by atoms with van der Waals surface area (Å²) in [5, 5.41) is 15.3. The molecule has 0 saturated carbocycles. The Hall–Kier alpha value is -4.75. The molecule has 2 N–H and O–H groups in total. The molecule has 3 aromatic rings. The quantitative estimate of drug-likeness (QED) is 0.457. The van der Waals surface area contributed by atoms with Gasteiger partial charge in [-0.2, -0.15) is 5.26 Å². The minimum Gasteiger partial charge on any atom is -0.496 e. The second-order valence-corrected chi connectivity index (χ2v) is 9.87. The number of rotatable bonds is 7. The van der Waals surface area contributed by atoms with Gasteiger partial charge in [0.25, 0.3) is 5.91 Å². The number of carbonyl (C=O) groups is 3. The number of nitrogens with zero attached hydrogens (tertiary/aromatic N) is 3. The predicted octanol–water partition coefficient (Wildman–Crippen LogP) is 3.75. The van der Waals surface area contributed by atoms with Crippen LogP contribution in [0.3, 0.4) is 0 Å². The smallest absolute Gasteiger partial charge is 0.252 e. The molecular formula is C31H32FN5O4. The summed E-state index contributed by atoms with van der Waals surface area (Å²) < 4.78 is 20.3. The minimum absolute atomic E-state index is 0.0182. The van der Waals surface area contributed by atoms with Crippen LogP contribution in [0.15, 0.2) is 60.7 Å². The summed E-state index contributed by atoms with van der Waals surface area (Å²) in [6.07, 6.45) is 0. The molecule has 0 unspecified atom stereocenters. The third kappa shape index (κ3) is 5.76. The van der Waals surface area contributed by atoms with E-state index in [4.69, 9.17) is 4.74 Å². The number of hydrogen-bond acceptors (Lipinski definition) is 6. The number of hydrogen-bond donors (Lipinski definition) is 2. The Balaban J connectivity index is 1.89. The van der Waals surface area contributed by atoms with Crippen LogP contribution in [0.4, 0.5) is 15.8 Å². The van der Waals surface area contributed by atoms with E-state index in [1.165, 1.54) is 29.9 Å². The van der Waals surface area contributed by atoms with Crippen LogP contribution in [-0.2, 0) is 20.9 Å². The Labute approximate surface area is 238 Å². The van der Waals surface area contributed by atoms with Crippen LogP contribution in [0, 0.1) is 17.1 Å². The second kappa shape index (κ2) is 12.2. The average Bonchev–Trinajstić information content (AvgIpc) is 3.05. The summed E-state index contributed by atoms with van der Waals surface area (Å²) in [6.45, 7) is 4.69. The summed E-state index contributed by atoms with van der Waals surface area (Å²) in [5.41, 5.74) is 2.61. The average molecular weight is 558 g/mol. The van der Waals surface area contributed by atoms with E-state index in [2.05, 4.69) is 16.7 Å². The fourth-order valence-electron chi connectivity index (χ4n) is 5.02. The molecule has 0 radical (unpaired) electrons. The van der Waals surface area contributed by atoms with Gasteiger partial charge in [0.1, 0.15) is 17.6 Å². The summed E-state index contributed by atoms with van der Waals surface area (Å²) in [4.78, 5) is 43.1. The van der Waals surface area contributed by atoms with Crippen LogP contribution in [0.5, 0.6) is 5.75 Å². The van der Waals surface area contributed by atoms with Gasteiger partial charge in [-0.15, -0.1) is 0 Å². The lowest BCUT2D eigenvalue weighted by Crippen LogP contribution is -2.59. The Morgan fingerprint density at radius 1 is 1.12 bits per heavy atom. The van der Waals surface area contributed by atoms with E-state index in [9.17, 15) is 24.0 Å². The van der Waals surface area contributed by atoms with Gasteiger partial charge in [-0.3, -0.25) is 14.4 Å². The Bertz CT molecular complexity index is 1540. The van der Waals surface area contributed by atoms with Gasteiger partial charge < -0.3 is 25.2 Å². The van der Waals surface area contributed by atoms with Crippen LogP contribution in [0.25, 0.3) is 11.1 Å². The fraction of sp³-hybridized carbons (Fsp3) is 0.290. The highest BCUT2D eigenvalue weighted by molar-refractivity contribution is 6.08. The second-order valence-electron chi connectivity index (χ2n) is 9.87. The van der Waals surface area contributed by atoms with Crippen molar-refractivity contribution in [2.45, 2.75) is 45.4 Å². The first-order valence-corrected chi connectivity index (χ1v) is 13.2. The third-order valence-corrected chi connectivity index (χ3v) is 7.33. The van der Waals surface area contributed by atoms with E-state index in [1.807, 2.05) is 0 Å². The molecular weight excluding hydrogens is 525 g/mol. The SMILES string of the molecule is CN[C@@H](C)C(=O)N[C@@H]1C(=O)N(Cc2cc(-c3ccccc3F)ccc2OC)c2ccc(C#N)cc2N(C(C)=O)[C@H]1C. The minimum atomic E-state index is -1.11. The van der Waals surface area contributed by atoms with Gasteiger partial charge in [-0.25, -0.2) is 4.39 Å². The highest BCUT2D eigenvalue weighted by Crippen LogP contribution is 2.39. The van der Waals surface area contributed by atoms with Crippen molar-refractivity contribution in [3.63, 3.8) is 0 Å². The van der Waals surface area contributed by atoms with E-state index in [0.29, 0.717) is 39.4 Å². The zero-order chi connectivity index (χ0) is 29.8. The van der Waals surface area contributed by atoms with Crippen LogP contribution < -0.4 is 25.2 Å². The lowest BCUT2D eigenvalue weighted by atomic mass is 10.0. The molecule has 0 aromatic heterocycles. The first kappa shape index (κ1) is 29.2. The molecule has 1 aliphatic rings. The van der Waals surface area contributed by atoms with Crippen LogP contribution >= 0.6 is 0 Å².